The lowest BCUT2D eigenvalue weighted by atomic mass is 9.89. The Morgan fingerprint density at radius 2 is 1.81 bits per heavy atom. The summed E-state index contributed by atoms with van der Waals surface area (Å²) in [6, 6.07) is 8.56. The summed E-state index contributed by atoms with van der Waals surface area (Å²) in [4.78, 5) is 0. The van der Waals surface area contributed by atoms with E-state index in [1.807, 2.05) is 0 Å². The summed E-state index contributed by atoms with van der Waals surface area (Å²) in [5.74, 6) is -0.337. The number of hydrogen-bond donors (Lipinski definition) is 0. The minimum atomic E-state index is -0.337. The Labute approximate surface area is 127 Å². The Balaban J connectivity index is 1.53. The van der Waals surface area contributed by atoms with Crippen LogP contribution in [0.15, 0.2) is 35.9 Å². The summed E-state index contributed by atoms with van der Waals surface area (Å²) < 4.78 is 11.5. The van der Waals surface area contributed by atoms with Crippen LogP contribution in [0.25, 0.3) is 16.1 Å². The van der Waals surface area contributed by atoms with E-state index in [-0.39, 0.29) is 5.79 Å². The highest BCUT2D eigenvalue weighted by molar-refractivity contribution is 7.12. The van der Waals surface area contributed by atoms with E-state index in [0.717, 1.165) is 43.0 Å². The minimum absolute atomic E-state index is 0.337. The molecule has 1 aromatic carbocycles. The number of allylic oxidation sites excluding steroid dienone is 1. The highest BCUT2D eigenvalue weighted by Gasteiger charge is 2.37. The molecule has 0 atom stereocenters. The van der Waals surface area contributed by atoms with Crippen molar-refractivity contribution in [2.45, 2.75) is 25.0 Å². The maximum absolute atomic E-state index is 5.75. The molecule has 1 aliphatic carbocycles. The maximum Gasteiger partial charge on any atom is 0.172 e. The predicted octanol–water partition coefficient (Wildman–Crippen LogP) is 3.52. The molecule has 0 radical (unpaired) electrons. The summed E-state index contributed by atoms with van der Waals surface area (Å²) >= 11 is 1.56. The lowest BCUT2D eigenvalue weighted by Gasteiger charge is -2.30. The number of aromatic nitrogens is 2. The topological polar surface area (TPSA) is 44.2 Å². The average Bonchev–Trinajstić information content (AvgIpc) is 3.21. The van der Waals surface area contributed by atoms with E-state index in [0.29, 0.717) is 0 Å². The molecule has 0 bridgehead atoms. The van der Waals surface area contributed by atoms with E-state index in [1.165, 1.54) is 11.1 Å². The molecule has 5 heteroatoms. The van der Waals surface area contributed by atoms with Crippen molar-refractivity contribution in [1.29, 1.82) is 0 Å². The van der Waals surface area contributed by atoms with Crippen LogP contribution in [0.2, 0.25) is 0 Å². The molecule has 0 N–H and O–H groups in total. The van der Waals surface area contributed by atoms with E-state index < -0.39 is 0 Å². The van der Waals surface area contributed by atoms with Gasteiger partial charge in [0.2, 0.25) is 0 Å². The molecule has 0 unspecified atom stereocenters. The Kier molecular flexibility index (Phi) is 3.33. The van der Waals surface area contributed by atoms with E-state index in [4.69, 9.17) is 9.47 Å². The summed E-state index contributed by atoms with van der Waals surface area (Å²) in [7, 11) is 0. The van der Waals surface area contributed by atoms with Crippen molar-refractivity contribution >= 4 is 16.9 Å². The summed E-state index contributed by atoms with van der Waals surface area (Å²) in [6.45, 7) is 1.44. The molecule has 0 saturated carbocycles. The van der Waals surface area contributed by atoms with Gasteiger partial charge in [-0.25, -0.2) is 0 Å². The molecule has 4 nitrogen and oxygen atoms in total. The van der Waals surface area contributed by atoms with Crippen LogP contribution in [-0.2, 0) is 9.47 Å². The zero-order chi connectivity index (χ0) is 14.1. The fraction of sp³-hybridized carbons (Fsp3) is 0.375. The van der Waals surface area contributed by atoms with Gasteiger partial charge in [-0.3, -0.25) is 0 Å². The standard InChI is InChI=1S/C16H16N2O2S/c1-3-14(15-18-17-11-21-15)4-2-12(1)13-5-7-16(8-6-13)19-9-10-20-16/h1-5,11H,6-10H2. The first-order chi connectivity index (χ1) is 10.3. The van der Waals surface area contributed by atoms with Crippen molar-refractivity contribution in [2.24, 2.45) is 0 Å². The zero-order valence-corrected chi connectivity index (χ0v) is 12.4. The second-order valence-corrected chi connectivity index (χ2v) is 6.20. The molecule has 1 spiro atoms. The van der Waals surface area contributed by atoms with Crippen LogP contribution in [-0.4, -0.2) is 29.2 Å². The van der Waals surface area contributed by atoms with Gasteiger partial charge in [-0.15, -0.1) is 10.2 Å². The molecule has 2 aliphatic rings. The molecular weight excluding hydrogens is 284 g/mol. The minimum Gasteiger partial charge on any atom is -0.347 e. The van der Waals surface area contributed by atoms with Crippen LogP contribution < -0.4 is 0 Å². The molecule has 0 amide bonds. The SMILES string of the molecule is C1=C(c2ccc(-c3nncs3)cc2)CCC2(C1)OCCO2. The lowest BCUT2D eigenvalue weighted by molar-refractivity contribution is -0.159. The van der Waals surface area contributed by atoms with Crippen LogP contribution in [0.3, 0.4) is 0 Å². The quantitative estimate of drug-likeness (QED) is 0.851. The fourth-order valence-corrected chi connectivity index (χ4v) is 3.52. The Hall–Kier alpha value is -1.56. The third-order valence-electron chi connectivity index (χ3n) is 4.11. The number of hydrogen-bond acceptors (Lipinski definition) is 5. The molecule has 2 aromatic rings. The van der Waals surface area contributed by atoms with Crippen LogP contribution in [0, 0.1) is 0 Å². The average molecular weight is 300 g/mol. The first kappa shape index (κ1) is 13.1. The first-order valence-corrected chi connectivity index (χ1v) is 8.07. The number of nitrogens with zero attached hydrogens (tertiary/aromatic N) is 2. The van der Waals surface area contributed by atoms with Crippen LogP contribution in [0.4, 0.5) is 0 Å². The third kappa shape index (κ3) is 2.52. The lowest BCUT2D eigenvalue weighted by Crippen LogP contribution is -2.31. The number of rotatable bonds is 2. The highest BCUT2D eigenvalue weighted by Crippen LogP contribution is 2.38. The Morgan fingerprint density at radius 1 is 1.05 bits per heavy atom. The van der Waals surface area contributed by atoms with Crippen molar-refractivity contribution < 1.29 is 9.47 Å². The maximum atomic E-state index is 5.75. The van der Waals surface area contributed by atoms with Crippen molar-refractivity contribution in [3.8, 4) is 10.6 Å². The molecule has 1 saturated heterocycles. The molecular formula is C16H16N2O2S. The van der Waals surface area contributed by atoms with Crippen LogP contribution in [0.1, 0.15) is 24.8 Å². The second-order valence-electron chi connectivity index (χ2n) is 5.36. The monoisotopic (exact) mass is 300 g/mol. The van der Waals surface area contributed by atoms with Gasteiger partial charge in [0.05, 0.1) is 13.2 Å². The summed E-state index contributed by atoms with van der Waals surface area (Å²) in [5, 5.41) is 8.94. The zero-order valence-electron chi connectivity index (χ0n) is 11.6. The van der Waals surface area contributed by atoms with E-state index in [9.17, 15) is 0 Å². The molecule has 2 heterocycles. The highest BCUT2D eigenvalue weighted by atomic mass is 32.1. The molecule has 21 heavy (non-hydrogen) atoms. The predicted molar refractivity (Wildman–Crippen MR) is 81.8 cm³/mol. The number of benzene rings is 1. The third-order valence-corrected chi connectivity index (χ3v) is 4.85. The van der Waals surface area contributed by atoms with Gasteiger partial charge < -0.3 is 9.47 Å². The van der Waals surface area contributed by atoms with Crippen molar-refractivity contribution in [2.75, 3.05) is 13.2 Å². The van der Waals surface area contributed by atoms with Gasteiger partial charge in [-0.1, -0.05) is 41.7 Å². The molecule has 1 aliphatic heterocycles. The van der Waals surface area contributed by atoms with Crippen LogP contribution >= 0.6 is 11.3 Å². The van der Waals surface area contributed by atoms with Gasteiger partial charge in [-0.2, -0.15) is 0 Å². The Bertz CT molecular complexity index is 643. The fourth-order valence-electron chi connectivity index (χ4n) is 2.96. The number of ether oxygens (including phenoxy) is 2. The first-order valence-electron chi connectivity index (χ1n) is 7.19. The smallest absolute Gasteiger partial charge is 0.172 e. The van der Waals surface area contributed by atoms with Crippen molar-refractivity contribution in [1.82, 2.24) is 10.2 Å². The van der Waals surface area contributed by atoms with E-state index in [1.54, 1.807) is 16.8 Å². The summed E-state index contributed by atoms with van der Waals surface area (Å²) in [5.41, 5.74) is 5.53. The largest absolute Gasteiger partial charge is 0.347 e. The van der Waals surface area contributed by atoms with E-state index in [2.05, 4.69) is 40.5 Å². The van der Waals surface area contributed by atoms with E-state index >= 15 is 0 Å². The van der Waals surface area contributed by atoms with Gasteiger partial charge >= 0.3 is 0 Å². The van der Waals surface area contributed by atoms with Crippen molar-refractivity contribution in [3.63, 3.8) is 0 Å². The van der Waals surface area contributed by atoms with Gasteiger partial charge in [-0.05, 0) is 17.6 Å². The van der Waals surface area contributed by atoms with Gasteiger partial charge in [0.1, 0.15) is 10.5 Å². The van der Waals surface area contributed by atoms with Crippen LogP contribution in [0.5, 0.6) is 0 Å². The molecule has 4 rings (SSSR count). The molecule has 1 aromatic heterocycles. The van der Waals surface area contributed by atoms with Gasteiger partial charge in [0.25, 0.3) is 0 Å². The normalized spacial score (nSPS) is 20.7. The molecule has 1 fully saturated rings. The molecule has 108 valence electrons. The summed E-state index contributed by atoms with van der Waals surface area (Å²) in [6.07, 6.45) is 5.05. The van der Waals surface area contributed by atoms with Crippen molar-refractivity contribution in [3.05, 3.63) is 41.4 Å². The Morgan fingerprint density at radius 3 is 2.43 bits per heavy atom. The van der Waals surface area contributed by atoms with Gasteiger partial charge in [0.15, 0.2) is 5.79 Å². The van der Waals surface area contributed by atoms with Gasteiger partial charge in [0, 0.05) is 18.4 Å². The second kappa shape index (κ2) is 5.33.